The average molecular weight is 246 g/mol. The van der Waals surface area contributed by atoms with Gasteiger partial charge in [0.1, 0.15) is 11.5 Å². The molecule has 0 unspecified atom stereocenters. The molecule has 0 bridgehead atoms. The van der Waals surface area contributed by atoms with Crippen molar-refractivity contribution in [1.29, 1.82) is 5.26 Å². The fourth-order valence-electron chi connectivity index (χ4n) is 1.61. The Hall–Kier alpha value is -2.18. The van der Waals surface area contributed by atoms with Crippen molar-refractivity contribution in [2.75, 3.05) is 0 Å². The van der Waals surface area contributed by atoms with Crippen LogP contribution in [0.4, 0.5) is 0 Å². The first-order valence-electron chi connectivity index (χ1n) is 4.83. The molecule has 2 N–H and O–H groups in total. The van der Waals surface area contributed by atoms with E-state index in [1.807, 2.05) is 6.07 Å². The number of phenolic OH excluding ortho intramolecular Hbond substituents is 2. The van der Waals surface area contributed by atoms with Crippen LogP contribution in [-0.2, 0) is 0 Å². The summed E-state index contributed by atoms with van der Waals surface area (Å²) in [5.41, 5.74) is 1.57. The van der Waals surface area contributed by atoms with Crippen molar-refractivity contribution in [3.63, 3.8) is 0 Å². The Morgan fingerprint density at radius 3 is 2.41 bits per heavy atom. The molecule has 0 aliphatic heterocycles. The van der Waals surface area contributed by atoms with E-state index in [2.05, 4.69) is 0 Å². The lowest BCUT2D eigenvalue weighted by molar-refractivity contribution is 0.475. The molecule has 2 rings (SSSR count). The highest BCUT2D eigenvalue weighted by Gasteiger charge is 2.07. The third-order valence-corrected chi connectivity index (χ3v) is 2.54. The first-order valence-corrected chi connectivity index (χ1v) is 5.21. The molecule has 3 nitrogen and oxygen atoms in total. The lowest BCUT2D eigenvalue weighted by Crippen LogP contribution is -1.84. The second kappa shape index (κ2) is 4.36. The smallest absolute Gasteiger partial charge is 0.117 e. The second-order valence-corrected chi connectivity index (χ2v) is 3.98. The van der Waals surface area contributed by atoms with E-state index in [9.17, 15) is 10.2 Å². The van der Waals surface area contributed by atoms with Crippen LogP contribution in [-0.4, -0.2) is 10.2 Å². The van der Waals surface area contributed by atoms with Gasteiger partial charge in [0.2, 0.25) is 0 Å². The van der Waals surface area contributed by atoms with Crippen molar-refractivity contribution in [2.24, 2.45) is 0 Å². The molecule has 84 valence electrons. The van der Waals surface area contributed by atoms with Crippen molar-refractivity contribution in [2.45, 2.75) is 0 Å². The van der Waals surface area contributed by atoms with Crippen LogP contribution in [0.2, 0.25) is 5.02 Å². The number of nitriles is 1. The predicted octanol–water partition coefficient (Wildman–Crippen LogP) is 3.29. The molecule has 2 aromatic carbocycles. The van der Waals surface area contributed by atoms with E-state index in [0.717, 1.165) is 0 Å². The van der Waals surface area contributed by atoms with Crippen LogP contribution in [0.25, 0.3) is 11.1 Å². The molecule has 2 aromatic rings. The Kier molecular flexibility index (Phi) is 2.90. The summed E-state index contributed by atoms with van der Waals surface area (Å²) in [5.74, 6) is 0.0565. The zero-order chi connectivity index (χ0) is 12.4. The number of hydrogen-bond acceptors (Lipinski definition) is 3. The average Bonchev–Trinajstić information content (AvgIpc) is 2.27. The first-order chi connectivity index (χ1) is 8.10. The molecule has 0 saturated heterocycles. The van der Waals surface area contributed by atoms with Gasteiger partial charge in [-0.15, -0.1) is 0 Å². The van der Waals surface area contributed by atoms with Gasteiger partial charge in [-0.05, 0) is 47.5 Å². The first kappa shape index (κ1) is 11.3. The third-order valence-electron chi connectivity index (χ3n) is 2.32. The zero-order valence-corrected chi connectivity index (χ0v) is 9.44. The number of hydrogen-bond donors (Lipinski definition) is 2. The Morgan fingerprint density at radius 1 is 1.00 bits per heavy atom. The molecule has 0 spiro atoms. The number of benzene rings is 2. The van der Waals surface area contributed by atoms with Crippen molar-refractivity contribution in [1.82, 2.24) is 0 Å². The summed E-state index contributed by atoms with van der Waals surface area (Å²) in [5, 5.41) is 28.1. The Morgan fingerprint density at radius 2 is 1.76 bits per heavy atom. The number of nitrogens with zero attached hydrogens (tertiary/aromatic N) is 1. The molecular weight excluding hydrogens is 238 g/mol. The molecular formula is C13H8ClNO2. The third kappa shape index (κ3) is 2.32. The molecule has 0 aliphatic carbocycles. The van der Waals surface area contributed by atoms with Gasteiger partial charge in [-0.25, -0.2) is 0 Å². The maximum absolute atomic E-state index is 9.46. The lowest BCUT2D eigenvalue weighted by Gasteiger charge is -2.06. The quantitative estimate of drug-likeness (QED) is 0.810. The van der Waals surface area contributed by atoms with Crippen LogP contribution in [0.15, 0.2) is 36.4 Å². The normalized spacial score (nSPS) is 9.88. The van der Waals surface area contributed by atoms with E-state index >= 15 is 0 Å². The van der Waals surface area contributed by atoms with Crippen LogP contribution in [0.5, 0.6) is 11.5 Å². The summed E-state index contributed by atoms with van der Waals surface area (Å²) in [6, 6.07) is 11.0. The van der Waals surface area contributed by atoms with E-state index in [1.165, 1.54) is 24.3 Å². The highest BCUT2D eigenvalue weighted by Crippen LogP contribution is 2.31. The minimum atomic E-state index is 0.0246. The number of halogens is 1. The minimum absolute atomic E-state index is 0.0246. The zero-order valence-electron chi connectivity index (χ0n) is 8.68. The van der Waals surface area contributed by atoms with Crippen molar-refractivity contribution in [3.05, 3.63) is 47.0 Å². The molecule has 0 saturated carbocycles. The van der Waals surface area contributed by atoms with Crippen molar-refractivity contribution < 1.29 is 10.2 Å². The Bertz CT molecular complexity index is 597. The van der Waals surface area contributed by atoms with Crippen LogP contribution in [0, 0.1) is 11.3 Å². The van der Waals surface area contributed by atoms with Gasteiger partial charge < -0.3 is 10.2 Å². The van der Waals surface area contributed by atoms with E-state index in [0.29, 0.717) is 21.7 Å². The second-order valence-electron chi connectivity index (χ2n) is 3.54. The maximum Gasteiger partial charge on any atom is 0.117 e. The van der Waals surface area contributed by atoms with Gasteiger partial charge in [0.15, 0.2) is 0 Å². The molecule has 0 atom stereocenters. The van der Waals surface area contributed by atoms with Crippen LogP contribution in [0.3, 0.4) is 0 Å². The molecule has 0 fully saturated rings. The summed E-state index contributed by atoms with van der Waals surface area (Å²) in [4.78, 5) is 0. The fraction of sp³-hybridized carbons (Fsp3) is 0. The summed E-state index contributed by atoms with van der Waals surface area (Å²) < 4.78 is 0. The van der Waals surface area contributed by atoms with Gasteiger partial charge in [0, 0.05) is 5.02 Å². The van der Waals surface area contributed by atoms with Crippen molar-refractivity contribution in [3.8, 4) is 28.7 Å². The van der Waals surface area contributed by atoms with E-state index in [-0.39, 0.29) is 11.5 Å². The van der Waals surface area contributed by atoms with E-state index < -0.39 is 0 Å². The molecule has 4 heteroatoms. The van der Waals surface area contributed by atoms with Gasteiger partial charge in [-0.3, -0.25) is 0 Å². The van der Waals surface area contributed by atoms with Gasteiger partial charge in [0.05, 0.1) is 11.6 Å². The summed E-state index contributed by atoms with van der Waals surface area (Å²) in [6.45, 7) is 0. The van der Waals surface area contributed by atoms with E-state index in [1.54, 1.807) is 12.1 Å². The summed E-state index contributed by atoms with van der Waals surface area (Å²) in [6.07, 6.45) is 0. The SMILES string of the molecule is N#Cc1cc(O)ccc1-c1cc(O)cc(Cl)c1. The monoisotopic (exact) mass is 245 g/mol. The van der Waals surface area contributed by atoms with Gasteiger partial charge in [0.25, 0.3) is 0 Å². The summed E-state index contributed by atoms with van der Waals surface area (Å²) in [7, 11) is 0. The standard InChI is InChI=1S/C13H8ClNO2/c14-10-3-8(4-12(17)6-10)13-2-1-11(16)5-9(13)7-15/h1-6,16-17H. The van der Waals surface area contributed by atoms with Crippen molar-refractivity contribution >= 4 is 11.6 Å². The van der Waals surface area contributed by atoms with Gasteiger partial charge in [-0.1, -0.05) is 11.6 Å². The molecule has 0 aliphatic rings. The number of rotatable bonds is 1. The largest absolute Gasteiger partial charge is 0.508 e. The van der Waals surface area contributed by atoms with Crippen LogP contribution >= 0.6 is 11.6 Å². The molecule has 0 heterocycles. The molecule has 0 amide bonds. The maximum atomic E-state index is 9.46. The number of aromatic hydroxyl groups is 2. The summed E-state index contributed by atoms with van der Waals surface area (Å²) >= 11 is 5.83. The van der Waals surface area contributed by atoms with Gasteiger partial charge >= 0.3 is 0 Å². The lowest BCUT2D eigenvalue weighted by atomic mass is 10.00. The molecule has 17 heavy (non-hydrogen) atoms. The highest BCUT2D eigenvalue weighted by molar-refractivity contribution is 6.31. The van der Waals surface area contributed by atoms with Gasteiger partial charge in [-0.2, -0.15) is 5.26 Å². The fourth-order valence-corrected chi connectivity index (χ4v) is 1.84. The molecule has 0 aromatic heterocycles. The topological polar surface area (TPSA) is 64.2 Å². The minimum Gasteiger partial charge on any atom is -0.508 e. The molecule has 0 radical (unpaired) electrons. The highest BCUT2D eigenvalue weighted by atomic mass is 35.5. The number of phenols is 2. The Labute approximate surface area is 103 Å². The predicted molar refractivity (Wildman–Crippen MR) is 64.9 cm³/mol. The Balaban J connectivity index is 2.64. The van der Waals surface area contributed by atoms with E-state index in [4.69, 9.17) is 16.9 Å². The van der Waals surface area contributed by atoms with Crippen LogP contribution in [0.1, 0.15) is 5.56 Å². The van der Waals surface area contributed by atoms with Crippen LogP contribution < -0.4 is 0 Å².